The highest BCUT2D eigenvalue weighted by molar-refractivity contribution is 5.86. The number of ether oxygens (including phenoxy) is 2. The molecule has 0 aromatic heterocycles. The van der Waals surface area contributed by atoms with Gasteiger partial charge in [0.2, 0.25) is 0 Å². The van der Waals surface area contributed by atoms with Crippen molar-refractivity contribution in [1.82, 2.24) is 0 Å². The highest BCUT2D eigenvalue weighted by Crippen LogP contribution is 2.25. The van der Waals surface area contributed by atoms with Crippen molar-refractivity contribution in [2.24, 2.45) is 5.73 Å². The van der Waals surface area contributed by atoms with Crippen LogP contribution in [0.1, 0.15) is 40.2 Å². The van der Waals surface area contributed by atoms with E-state index >= 15 is 0 Å². The van der Waals surface area contributed by atoms with Gasteiger partial charge >= 0.3 is 6.09 Å². The summed E-state index contributed by atoms with van der Waals surface area (Å²) in [4.78, 5) is 11.9. The minimum Gasteiger partial charge on any atom is -0.497 e. The minimum atomic E-state index is -0.538. The Hall–Kier alpha value is -1.75. The van der Waals surface area contributed by atoms with Crippen molar-refractivity contribution in [3.63, 3.8) is 0 Å². The monoisotopic (exact) mass is 294 g/mol. The lowest BCUT2D eigenvalue weighted by atomic mass is 9.95. The number of amides is 1. The van der Waals surface area contributed by atoms with E-state index in [1.165, 1.54) is 0 Å². The SMILES string of the molecule is COc1ccc(NC(=O)OC(C)(C)C)c(CC(C)(C)N)c1. The Bertz CT molecular complexity index is 499. The largest absolute Gasteiger partial charge is 0.497 e. The van der Waals surface area contributed by atoms with E-state index in [1.807, 2.05) is 40.7 Å². The predicted octanol–water partition coefficient (Wildman–Crippen LogP) is 3.32. The van der Waals surface area contributed by atoms with Gasteiger partial charge in [0.15, 0.2) is 0 Å². The predicted molar refractivity (Wildman–Crippen MR) is 84.8 cm³/mol. The quantitative estimate of drug-likeness (QED) is 0.893. The van der Waals surface area contributed by atoms with Gasteiger partial charge in [-0.25, -0.2) is 4.79 Å². The maximum Gasteiger partial charge on any atom is 0.412 e. The van der Waals surface area contributed by atoms with Crippen molar-refractivity contribution >= 4 is 11.8 Å². The molecule has 0 atom stereocenters. The molecule has 1 amide bonds. The van der Waals surface area contributed by atoms with Gasteiger partial charge in [0.25, 0.3) is 0 Å². The van der Waals surface area contributed by atoms with E-state index in [2.05, 4.69) is 5.32 Å². The van der Waals surface area contributed by atoms with E-state index in [4.69, 9.17) is 15.2 Å². The molecule has 0 fully saturated rings. The van der Waals surface area contributed by atoms with E-state index in [9.17, 15) is 4.79 Å². The first-order valence-corrected chi connectivity index (χ1v) is 6.96. The van der Waals surface area contributed by atoms with Crippen LogP contribution in [0.15, 0.2) is 18.2 Å². The molecule has 0 aliphatic heterocycles. The fraction of sp³-hybridized carbons (Fsp3) is 0.562. The van der Waals surface area contributed by atoms with E-state index in [-0.39, 0.29) is 0 Å². The number of carbonyl (C=O) groups excluding carboxylic acids is 1. The fourth-order valence-electron chi connectivity index (χ4n) is 1.87. The summed E-state index contributed by atoms with van der Waals surface area (Å²) >= 11 is 0. The number of nitrogens with two attached hydrogens (primary N) is 1. The number of nitrogens with one attached hydrogen (secondary N) is 1. The molecule has 1 rings (SSSR count). The first-order valence-electron chi connectivity index (χ1n) is 6.96. The van der Waals surface area contributed by atoms with Gasteiger partial charge in [-0.05, 0) is 64.8 Å². The van der Waals surface area contributed by atoms with Crippen LogP contribution < -0.4 is 15.8 Å². The van der Waals surface area contributed by atoms with Crippen LogP contribution in [0.5, 0.6) is 5.75 Å². The van der Waals surface area contributed by atoms with Gasteiger partial charge in [0.05, 0.1) is 7.11 Å². The van der Waals surface area contributed by atoms with Crippen LogP contribution >= 0.6 is 0 Å². The lowest BCUT2D eigenvalue weighted by molar-refractivity contribution is 0.0635. The van der Waals surface area contributed by atoms with Crippen LogP contribution in [-0.4, -0.2) is 24.3 Å². The summed E-state index contributed by atoms with van der Waals surface area (Å²) in [5.41, 5.74) is 6.74. The number of anilines is 1. The molecule has 1 aromatic rings. The van der Waals surface area contributed by atoms with Crippen molar-refractivity contribution < 1.29 is 14.3 Å². The standard InChI is InChI=1S/C16H26N2O3/c1-15(2,3)21-14(19)18-13-8-7-12(20-6)9-11(13)10-16(4,5)17/h7-9H,10,17H2,1-6H3,(H,18,19). The Morgan fingerprint density at radius 3 is 2.33 bits per heavy atom. The fourth-order valence-corrected chi connectivity index (χ4v) is 1.87. The average molecular weight is 294 g/mol. The zero-order valence-corrected chi connectivity index (χ0v) is 13.7. The molecule has 118 valence electrons. The smallest absolute Gasteiger partial charge is 0.412 e. The van der Waals surface area contributed by atoms with Gasteiger partial charge in [0.1, 0.15) is 11.4 Å². The molecule has 21 heavy (non-hydrogen) atoms. The molecule has 0 spiro atoms. The lowest BCUT2D eigenvalue weighted by Gasteiger charge is -2.23. The molecule has 0 unspecified atom stereocenters. The van der Waals surface area contributed by atoms with Crippen LogP contribution in [0, 0.1) is 0 Å². The average Bonchev–Trinajstić information content (AvgIpc) is 2.27. The number of hydrogen-bond acceptors (Lipinski definition) is 4. The summed E-state index contributed by atoms with van der Waals surface area (Å²) in [6.45, 7) is 9.34. The molecule has 0 saturated carbocycles. The highest BCUT2D eigenvalue weighted by atomic mass is 16.6. The van der Waals surface area contributed by atoms with E-state index in [0.29, 0.717) is 12.1 Å². The maximum atomic E-state index is 11.9. The van der Waals surface area contributed by atoms with Crippen LogP contribution in [0.2, 0.25) is 0 Å². The highest BCUT2D eigenvalue weighted by Gasteiger charge is 2.19. The summed E-state index contributed by atoms with van der Waals surface area (Å²) in [7, 11) is 1.60. The first kappa shape index (κ1) is 17.3. The third-order valence-corrected chi connectivity index (χ3v) is 2.59. The van der Waals surface area contributed by atoms with Crippen molar-refractivity contribution in [3.05, 3.63) is 23.8 Å². The molecule has 0 saturated heterocycles. The van der Waals surface area contributed by atoms with Crippen molar-refractivity contribution in [2.75, 3.05) is 12.4 Å². The van der Waals surface area contributed by atoms with Crippen LogP contribution in [0.4, 0.5) is 10.5 Å². The van der Waals surface area contributed by atoms with Crippen molar-refractivity contribution in [1.29, 1.82) is 0 Å². The van der Waals surface area contributed by atoms with Crippen molar-refractivity contribution in [2.45, 2.75) is 52.2 Å². The Labute approximate surface area is 126 Å². The molecule has 5 nitrogen and oxygen atoms in total. The molecule has 0 aliphatic rings. The molecule has 0 radical (unpaired) electrons. The number of hydrogen-bond donors (Lipinski definition) is 2. The summed E-state index contributed by atoms with van der Waals surface area (Å²) < 4.78 is 10.5. The van der Waals surface area contributed by atoms with Gasteiger partial charge in [-0.15, -0.1) is 0 Å². The molecule has 0 bridgehead atoms. The molecular weight excluding hydrogens is 268 g/mol. The summed E-state index contributed by atoms with van der Waals surface area (Å²) in [6.07, 6.45) is 0.124. The molecule has 0 aliphatic carbocycles. The third-order valence-electron chi connectivity index (χ3n) is 2.59. The van der Waals surface area contributed by atoms with E-state index < -0.39 is 17.2 Å². The molecule has 5 heteroatoms. The number of carbonyl (C=O) groups is 1. The zero-order valence-electron chi connectivity index (χ0n) is 13.7. The molecule has 3 N–H and O–H groups in total. The van der Waals surface area contributed by atoms with Gasteiger partial charge < -0.3 is 15.2 Å². The molecule has 0 heterocycles. The van der Waals surface area contributed by atoms with Crippen LogP contribution in [-0.2, 0) is 11.2 Å². The maximum absolute atomic E-state index is 11.9. The van der Waals surface area contributed by atoms with E-state index in [0.717, 1.165) is 11.3 Å². The Balaban J connectivity index is 2.97. The zero-order chi connectivity index (χ0) is 16.3. The molecular formula is C16H26N2O3. The number of rotatable bonds is 4. The van der Waals surface area contributed by atoms with Gasteiger partial charge in [-0.3, -0.25) is 5.32 Å². The second kappa shape index (κ2) is 6.35. The van der Waals surface area contributed by atoms with Gasteiger partial charge in [-0.2, -0.15) is 0 Å². The van der Waals surface area contributed by atoms with E-state index in [1.54, 1.807) is 19.2 Å². The summed E-state index contributed by atoms with van der Waals surface area (Å²) in [5.74, 6) is 0.726. The second-order valence-electron chi connectivity index (χ2n) is 6.82. The Kier molecular flexibility index (Phi) is 5.23. The van der Waals surface area contributed by atoms with Crippen LogP contribution in [0.3, 0.4) is 0 Å². The minimum absolute atomic E-state index is 0.392. The second-order valence-corrected chi connectivity index (χ2v) is 6.82. The normalized spacial score (nSPS) is 12.0. The molecule has 1 aromatic carbocycles. The Morgan fingerprint density at radius 2 is 1.86 bits per heavy atom. The number of benzene rings is 1. The third kappa shape index (κ3) is 6.49. The van der Waals surface area contributed by atoms with Crippen molar-refractivity contribution in [3.8, 4) is 5.75 Å². The van der Waals surface area contributed by atoms with Gasteiger partial charge in [0, 0.05) is 11.2 Å². The number of methoxy groups -OCH3 is 1. The Morgan fingerprint density at radius 1 is 1.24 bits per heavy atom. The summed E-state index contributed by atoms with van der Waals surface area (Å²) in [6, 6.07) is 5.46. The lowest BCUT2D eigenvalue weighted by Crippen LogP contribution is -2.35. The topological polar surface area (TPSA) is 73.6 Å². The van der Waals surface area contributed by atoms with Gasteiger partial charge in [-0.1, -0.05) is 0 Å². The summed E-state index contributed by atoms with van der Waals surface area (Å²) in [5, 5.41) is 2.77. The van der Waals surface area contributed by atoms with Crippen LogP contribution in [0.25, 0.3) is 0 Å². The first-order chi connectivity index (χ1) is 9.50.